The van der Waals surface area contributed by atoms with Crippen molar-refractivity contribution in [1.82, 2.24) is 0 Å². The molecule has 0 amide bonds. The molecule has 0 aliphatic carbocycles. The van der Waals surface area contributed by atoms with Gasteiger partial charge >= 0.3 is 0 Å². The topological polar surface area (TPSA) is 6.48 Å². The molecule has 8 aromatic carbocycles. The van der Waals surface area contributed by atoms with Gasteiger partial charge in [-0.05, 0) is 106 Å². The van der Waals surface area contributed by atoms with Crippen LogP contribution in [0.25, 0.3) is 33.0 Å². The van der Waals surface area contributed by atoms with Crippen molar-refractivity contribution in [3.63, 3.8) is 0 Å². The van der Waals surface area contributed by atoms with Gasteiger partial charge in [-0.3, -0.25) is 0 Å². The monoisotopic (exact) mass is 614 g/mol. The highest BCUT2D eigenvalue weighted by atomic mass is 15.1. The molecule has 0 saturated heterocycles. The molecule has 48 heavy (non-hydrogen) atoms. The Morgan fingerprint density at radius 1 is 0.250 bits per heavy atom. The molecule has 0 unspecified atom stereocenters. The Balaban J connectivity index is 1.27. The second-order valence-electron chi connectivity index (χ2n) is 11.8. The van der Waals surface area contributed by atoms with Gasteiger partial charge < -0.3 is 9.80 Å². The highest BCUT2D eigenvalue weighted by molar-refractivity contribution is 6.07. The number of hydrogen-bond donors (Lipinski definition) is 0. The van der Waals surface area contributed by atoms with Crippen LogP contribution in [0.15, 0.2) is 206 Å². The van der Waals surface area contributed by atoms with Crippen molar-refractivity contribution in [2.24, 2.45) is 0 Å². The van der Waals surface area contributed by atoms with Gasteiger partial charge in [-0.2, -0.15) is 0 Å². The van der Waals surface area contributed by atoms with Crippen LogP contribution in [0.1, 0.15) is 0 Å². The van der Waals surface area contributed by atoms with Gasteiger partial charge in [0.1, 0.15) is 0 Å². The van der Waals surface area contributed by atoms with E-state index in [9.17, 15) is 0 Å². The van der Waals surface area contributed by atoms with Crippen LogP contribution in [0, 0.1) is 0 Å². The number of nitrogens with zero attached hydrogens (tertiary/aromatic N) is 2. The molecule has 0 atom stereocenters. The van der Waals surface area contributed by atoms with E-state index in [1.165, 1.54) is 33.0 Å². The Bertz CT molecular complexity index is 2040. The lowest BCUT2D eigenvalue weighted by Gasteiger charge is -2.26. The summed E-state index contributed by atoms with van der Waals surface area (Å²) < 4.78 is 0. The minimum absolute atomic E-state index is 1.11. The molecule has 0 spiro atoms. The fourth-order valence-electron chi connectivity index (χ4n) is 6.65. The molecule has 0 saturated carbocycles. The normalized spacial score (nSPS) is 10.9. The van der Waals surface area contributed by atoms with Gasteiger partial charge in [0, 0.05) is 34.1 Å². The van der Waals surface area contributed by atoms with Crippen LogP contribution in [0.2, 0.25) is 0 Å². The van der Waals surface area contributed by atoms with Crippen molar-refractivity contribution < 1.29 is 0 Å². The lowest BCUT2D eigenvalue weighted by atomic mass is 9.91. The summed E-state index contributed by atoms with van der Waals surface area (Å²) in [5.41, 5.74) is 11.5. The van der Waals surface area contributed by atoms with E-state index in [4.69, 9.17) is 0 Å². The summed E-state index contributed by atoms with van der Waals surface area (Å²) in [6.45, 7) is 0. The molecule has 0 aromatic heterocycles. The van der Waals surface area contributed by atoms with Gasteiger partial charge in [0.15, 0.2) is 0 Å². The largest absolute Gasteiger partial charge is 0.310 e. The first-order chi connectivity index (χ1) is 23.8. The molecular formula is C46H34N2. The first-order valence-corrected chi connectivity index (χ1v) is 16.4. The molecule has 0 heterocycles. The van der Waals surface area contributed by atoms with Crippen molar-refractivity contribution in [2.45, 2.75) is 0 Å². The molecule has 8 rings (SSSR count). The van der Waals surface area contributed by atoms with Gasteiger partial charge in [0.2, 0.25) is 0 Å². The predicted molar refractivity (Wildman–Crippen MR) is 204 cm³/mol. The lowest BCUT2D eigenvalue weighted by Crippen LogP contribution is -2.09. The first-order valence-electron chi connectivity index (χ1n) is 16.4. The molecule has 0 radical (unpaired) electrons. The summed E-state index contributed by atoms with van der Waals surface area (Å²) in [7, 11) is 0. The average Bonchev–Trinajstić information content (AvgIpc) is 3.17. The first kappa shape index (κ1) is 29.1. The van der Waals surface area contributed by atoms with E-state index >= 15 is 0 Å². The summed E-state index contributed by atoms with van der Waals surface area (Å²) in [5.74, 6) is 0. The van der Waals surface area contributed by atoms with Crippen LogP contribution < -0.4 is 9.80 Å². The second-order valence-corrected chi connectivity index (χ2v) is 11.8. The summed E-state index contributed by atoms with van der Waals surface area (Å²) in [5, 5.41) is 2.46. The third-order valence-corrected chi connectivity index (χ3v) is 8.79. The van der Waals surface area contributed by atoms with Crippen LogP contribution in [0.4, 0.5) is 34.1 Å². The molecule has 2 nitrogen and oxygen atoms in total. The number of rotatable bonds is 8. The maximum atomic E-state index is 2.32. The Hall–Kier alpha value is -6.38. The highest BCUT2D eigenvalue weighted by Crippen LogP contribution is 2.42. The molecule has 2 heteroatoms. The molecule has 228 valence electrons. The van der Waals surface area contributed by atoms with E-state index in [1.807, 2.05) is 0 Å². The number of anilines is 6. The van der Waals surface area contributed by atoms with Crippen molar-refractivity contribution in [2.75, 3.05) is 9.80 Å². The smallest absolute Gasteiger partial charge is 0.0467 e. The zero-order valence-electron chi connectivity index (χ0n) is 26.5. The predicted octanol–water partition coefficient (Wildman–Crippen LogP) is 13.1. The summed E-state index contributed by atoms with van der Waals surface area (Å²) in [4.78, 5) is 4.64. The van der Waals surface area contributed by atoms with Crippen molar-refractivity contribution >= 4 is 44.9 Å². The van der Waals surface area contributed by atoms with Crippen LogP contribution in [0.3, 0.4) is 0 Å². The maximum absolute atomic E-state index is 2.32. The van der Waals surface area contributed by atoms with Gasteiger partial charge in [-0.1, -0.05) is 133 Å². The van der Waals surface area contributed by atoms with Crippen LogP contribution in [-0.4, -0.2) is 0 Å². The van der Waals surface area contributed by atoms with Gasteiger partial charge in [0.25, 0.3) is 0 Å². The number of para-hydroxylation sites is 4. The SMILES string of the molecule is c1ccc(N(c2ccccc2)c2cccc(-c3cccc4cccc(-c5cccc(N(c6ccccc6)c6ccccc6)c5)c34)c2)cc1. The quantitative estimate of drug-likeness (QED) is 0.168. The van der Waals surface area contributed by atoms with Crippen molar-refractivity contribution in [3.8, 4) is 22.3 Å². The molecule has 0 aliphatic rings. The standard InChI is InChI=1S/C46H34N2/c1-5-21-38(22-6-1)47(39-23-7-2-8-24-39)42-29-13-19-36(33-42)44-31-15-17-35-18-16-32-45(46(35)44)37-20-14-30-43(34-37)48(40-25-9-3-10-26-40)41-27-11-4-12-28-41/h1-34H. The summed E-state index contributed by atoms with van der Waals surface area (Å²) >= 11 is 0. The van der Waals surface area contributed by atoms with Gasteiger partial charge in [0.05, 0.1) is 0 Å². The van der Waals surface area contributed by atoms with Crippen molar-refractivity contribution in [1.29, 1.82) is 0 Å². The van der Waals surface area contributed by atoms with E-state index in [2.05, 4.69) is 216 Å². The maximum Gasteiger partial charge on any atom is 0.0467 e. The third kappa shape index (κ3) is 5.72. The highest BCUT2D eigenvalue weighted by Gasteiger charge is 2.17. The Morgan fingerprint density at radius 2 is 0.562 bits per heavy atom. The van der Waals surface area contributed by atoms with E-state index in [-0.39, 0.29) is 0 Å². The van der Waals surface area contributed by atoms with E-state index in [0.717, 1.165) is 34.1 Å². The summed E-state index contributed by atoms with van der Waals surface area (Å²) in [6, 6.07) is 73.4. The van der Waals surface area contributed by atoms with E-state index in [0.29, 0.717) is 0 Å². The Morgan fingerprint density at radius 3 is 0.917 bits per heavy atom. The molecule has 0 bridgehead atoms. The minimum Gasteiger partial charge on any atom is -0.310 e. The van der Waals surface area contributed by atoms with Crippen LogP contribution >= 0.6 is 0 Å². The lowest BCUT2D eigenvalue weighted by molar-refractivity contribution is 1.28. The number of benzene rings is 8. The number of fused-ring (bicyclic) bond motifs is 1. The minimum atomic E-state index is 1.11. The van der Waals surface area contributed by atoms with Crippen LogP contribution in [-0.2, 0) is 0 Å². The van der Waals surface area contributed by atoms with Crippen LogP contribution in [0.5, 0.6) is 0 Å². The Kier molecular flexibility index (Phi) is 7.96. The average molecular weight is 615 g/mol. The summed E-state index contributed by atoms with van der Waals surface area (Å²) in [6.07, 6.45) is 0. The zero-order valence-corrected chi connectivity index (χ0v) is 26.5. The molecule has 8 aromatic rings. The fourth-order valence-corrected chi connectivity index (χ4v) is 6.65. The molecule has 0 fully saturated rings. The van der Waals surface area contributed by atoms with E-state index in [1.54, 1.807) is 0 Å². The second kappa shape index (κ2) is 13.2. The van der Waals surface area contributed by atoms with Gasteiger partial charge in [-0.25, -0.2) is 0 Å². The van der Waals surface area contributed by atoms with E-state index < -0.39 is 0 Å². The molecule has 0 aliphatic heterocycles. The van der Waals surface area contributed by atoms with Gasteiger partial charge in [-0.15, -0.1) is 0 Å². The fraction of sp³-hybridized carbons (Fsp3) is 0. The third-order valence-electron chi connectivity index (χ3n) is 8.79. The van der Waals surface area contributed by atoms with Crippen molar-refractivity contribution in [3.05, 3.63) is 206 Å². The zero-order chi connectivity index (χ0) is 32.1. The number of hydrogen-bond acceptors (Lipinski definition) is 2. The molecular weight excluding hydrogens is 581 g/mol. The Labute approximate surface area is 282 Å². The molecule has 0 N–H and O–H groups in total.